The summed E-state index contributed by atoms with van der Waals surface area (Å²) >= 11 is 0. The van der Waals surface area contributed by atoms with Crippen molar-refractivity contribution in [2.24, 2.45) is 0 Å². The molecule has 0 aliphatic carbocycles. The molecule has 156 valence electrons. The molecule has 1 saturated heterocycles. The number of aromatic nitrogens is 2. The third-order valence-electron chi connectivity index (χ3n) is 5.42. The molecular weight excluding hydrogens is 362 g/mol. The first kappa shape index (κ1) is 21.2. The van der Waals surface area contributed by atoms with Gasteiger partial charge in [-0.1, -0.05) is 51.1 Å². The summed E-state index contributed by atoms with van der Waals surface area (Å²) in [7, 11) is 0. The van der Waals surface area contributed by atoms with E-state index in [4.69, 9.17) is 4.98 Å². The maximum atomic E-state index is 13.4. The molecule has 1 amide bonds. The minimum absolute atomic E-state index is 0.0428. The Bertz CT molecular complexity index is 781. The molecule has 0 atom stereocenters. The van der Waals surface area contributed by atoms with Gasteiger partial charge in [-0.25, -0.2) is 9.97 Å². The molecule has 6 heteroatoms. The number of likely N-dealkylation sites (N-methyl/N-ethyl adjacent to an activating group) is 1. The molecule has 0 bridgehead atoms. The van der Waals surface area contributed by atoms with Crippen LogP contribution in [0.1, 0.15) is 44.0 Å². The maximum absolute atomic E-state index is 13.4. The SMILES string of the molecule is CCCN(CCC)C(=O)c1cnc(-c2ccccc2)nc1N1CCN(CC)CC1. The van der Waals surface area contributed by atoms with Crippen molar-refractivity contribution in [3.8, 4) is 11.4 Å². The van der Waals surface area contributed by atoms with Gasteiger partial charge in [-0.05, 0) is 19.4 Å². The number of carbonyl (C=O) groups is 1. The molecule has 0 spiro atoms. The van der Waals surface area contributed by atoms with E-state index in [0.29, 0.717) is 11.4 Å². The summed E-state index contributed by atoms with van der Waals surface area (Å²) < 4.78 is 0. The summed E-state index contributed by atoms with van der Waals surface area (Å²) in [6, 6.07) is 9.98. The lowest BCUT2D eigenvalue weighted by molar-refractivity contribution is 0.0755. The van der Waals surface area contributed by atoms with Crippen LogP contribution in [-0.4, -0.2) is 71.5 Å². The zero-order valence-electron chi connectivity index (χ0n) is 18.0. The van der Waals surface area contributed by atoms with Gasteiger partial charge in [-0.2, -0.15) is 0 Å². The second-order valence-corrected chi connectivity index (χ2v) is 7.51. The Hall–Kier alpha value is -2.47. The van der Waals surface area contributed by atoms with Gasteiger partial charge in [0, 0.05) is 51.0 Å². The zero-order chi connectivity index (χ0) is 20.6. The molecule has 0 N–H and O–H groups in total. The van der Waals surface area contributed by atoms with Gasteiger partial charge in [0.05, 0.1) is 0 Å². The number of rotatable bonds is 8. The summed E-state index contributed by atoms with van der Waals surface area (Å²) in [6.07, 6.45) is 3.62. The highest BCUT2D eigenvalue weighted by Crippen LogP contribution is 2.25. The van der Waals surface area contributed by atoms with Crippen LogP contribution in [0.2, 0.25) is 0 Å². The van der Waals surface area contributed by atoms with E-state index in [1.54, 1.807) is 6.20 Å². The molecule has 0 unspecified atom stereocenters. The minimum Gasteiger partial charge on any atom is -0.353 e. The van der Waals surface area contributed by atoms with Crippen molar-refractivity contribution in [2.45, 2.75) is 33.6 Å². The fourth-order valence-electron chi connectivity index (χ4n) is 3.79. The van der Waals surface area contributed by atoms with Gasteiger partial charge < -0.3 is 14.7 Å². The van der Waals surface area contributed by atoms with Gasteiger partial charge in [-0.15, -0.1) is 0 Å². The Kier molecular flexibility index (Phi) is 7.58. The fourth-order valence-corrected chi connectivity index (χ4v) is 3.79. The lowest BCUT2D eigenvalue weighted by Gasteiger charge is -2.36. The standard InChI is InChI=1S/C23H33N5O/c1-4-12-28(13-5-2)23(29)20-18-24-21(19-10-8-7-9-11-19)25-22(20)27-16-14-26(6-3)15-17-27/h7-11,18H,4-6,12-17H2,1-3H3. The summed E-state index contributed by atoms with van der Waals surface area (Å²) in [5, 5.41) is 0. The number of carbonyl (C=O) groups excluding carboxylic acids is 1. The molecule has 1 aromatic heterocycles. The molecule has 1 aliphatic rings. The second kappa shape index (κ2) is 10.3. The second-order valence-electron chi connectivity index (χ2n) is 7.51. The highest BCUT2D eigenvalue weighted by molar-refractivity contribution is 5.99. The fraction of sp³-hybridized carbons (Fsp3) is 0.522. The molecule has 1 aliphatic heterocycles. The van der Waals surface area contributed by atoms with Crippen LogP contribution in [0.3, 0.4) is 0 Å². The van der Waals surface area contributed by atoms with Gasteiger partial charge in [-0.3, -0.25) is 4.79 Å². The van der Waals surface area contributed by atoms with Crippen LogP contribution in [0.5, 0.6) is 0 Å². The van der Waals surface area contributed by atoms with Crippen LogP contribution in [0, 0.1) is 0 Å². The van der Waals surface area contributed by atoms with Gasteiger partial charge in [0.25, 0.3) is 5.91 Å². The first-order chi connectivity index (χ1) is 14.2. The molecular formula is C23H33N5O. The molecule has 0 saturated carbocycles. The van der Waals surface area contributed by atoms with E-state index in [0.717, 1.165) is 70.0 Å². The van der Waals surface area contributed by atoms with Crippen LogP contribution in [0.15, 0.2) is 36.5 Å². The Balaban J connectivity index is 1.97. The minimum atomic E-state index is 0.0428. The third kappa shape index (κ3) is 5.12. The largest absolute Gasteiger partial charge is 0.353 e. The van der Waals surface area contributed by atoms with Gasteiger partial charge in [0.15, 0.2) is 5.82 Å². The third-order valence-corrected chi connectivity index (χ3v) is 5.42. The van der Waals surface area contributed by atoms with Crippen LogP contribution in [0.25, 0.3) is 11.4 Å². The Morgan fingerprint density at radius 1 is 1.00 bits per heavy atom. The molecule has 3 rings (SSSR count). The summed E-state index contributed by atoms with van der Waals surface area (Å²) in [6.45, 7) is 12.7. The van der Waals surface area contributed by atoms with E-state index >= 15 is 0 Å². The van der Waals surface area contributed by atoms with Crippen molar-refractivity contribution in [3.63, 3.8) is 0 Å². The summed E-state index contributed by atoms with van der Waals surface area (Å²) in [5.74, 6) is 1.49. The molecule has 29 heavy (non-hydrogen) atoms. The normalized spacial score (nSPS) is 14.8. The van der Waals surface area contributed by atoms with Crippen molar-refractivity contribution in [1.29, 1.82) is 0 Å². The number of hydrogen-bond donors (Lipinski definition) is 0. The Morgan fingerprint density at radius 3 is 2.24 bits per heavy atom. The first-order valence-electron chi connectivity index (χ1n) is 10.9. The van der Waals surface area contributed by atoms with Gasteiger partial charge in [0.2, 0.25) is 0 Å². The van der Waals surface area contributed by atoms with Crippen molar-refractivity contribution >= 4 is 11.7 Å². The lowest BCUT2D eigenvalue weighted by Crippen LogP contribution is -2.47. The van der Waals surface area contributed by atoms with Gasteiger partial charge in [0.1, 0.15) is 11.4 Å². The quantitative estimate of drug-likeness (QED) is 0.684. The monoisotopic (exact) mass is 395 g/mol. The zero-order valence-corrected chi connectivity index (χ0v) is 18.0. The maximum Gasteiger partial charge on any atom is 0.259 e. The predicted molar refractivity (Wildman–Crippen MR) is 118 cm³/mol. The van der Waals surface area contributed by atoms with E-state index in [1.807, 2.05) is 35.2 Å². The van der Waals surface area contributed by atoms with E-state index in [-0.39, 0.29) is 5.91 Å². The molecule has 1 fully saturated rings. The van der Waals surface area contributed by atoms with Crippen LogP contribution in [-0.2, 0) is 0 Å². The molecule has 2 aromatic rings. The average Bonchev–Trinajstić information content (AvgIpc) is 2.79. The van der Waals surface area contributed by atoms with Crippen LogP contribution in [0.4, 0.5) is 5.82 Å². The molecule has 1 aromatic carbocycles. The first-order valence-corrected chi connectivity index (χ1v) is 10.9. The number of benzene rings is 1. The van der Waals surface area contributed by atoms with Crippen LogP contribution < -0.4 is 4.90 Å². The van der Waals surface area contributed by atoms with E-state index in [2.05, 4.69) is 35.6 Å². The topological polar surface area (TPSA) is 52.6 Å². The summed E-state index contributed by atoms with van der Waals surface area (Å²) in [4.78, 5) is 29.4. The van der Waals surface area contributed by atoms with E-state index in [9.17, 15) is 4.79 Å². The lowest BCUT2D eigenvalue weighted by atomic mass is 10.1. The van der Waals surface area contributed by atoms with Crippen molar-refractivity contribution < 1.29 is 4.79 Å². The molecule has 2 heterocycles. The van der Waals surface area contributed by atoms with E-state index in [1.165, 1.54) is 0 Å². The smallest absolute Gasteiger partial charge is 0.259 e. The van der Waals surface area contributed by atoms with E-state index < -0.39 is 0 Å². The number of piperazine rings is 1. The average molecular weight is 396 g/mol. The van der Waals surface area contributed by atoms with Crippen LogP contribution >= 0.6 is 0 Å². The molecule has 0 radical (unpaired) electrons. The van der Waals surface area contributed by atoms with Crippen molar-refractivity contribution in [1.82, 2.24) is 19.8 Å². The summed E-state index contributed by atoms with van der Waals surface area (Å²) in [5.41, 5.74) is 1.59. The highest BCUT2D eigenvalue weighted by atomic mass is 16.2. The Labute approximate surface area is 174 Å². The van der Waals surface area contributed by atoms with Crippen molar-refractivity contribution in [3.05, 3.63) is 42.1 Å². The predicted octanol–water partition coefficient (Wildman–Crippen LogP) is 3.55. The number of hydrogen-bond acceptors (Lipinski definition) is 5. The van der Waals surface area contributed by atoms with Crippen molar-refractivity contribution in [2.75, 3.05) is 50.7 Å². The van der Waals surface area contributed by atoms with Gasteiger partial charge >= 0.3 is 0 Å². The number of nitrogens with zero attached hydrogens (tertiary/aromatic N) is 5. The Morgan fingerprint density at radius 2 is 1.66 bits per heavy atom. The number of amides is 1. The highest BCUT2D eigenvalue weighted by Gasteiger charge is 2.26. The molecule has 6 nitrogen and oxygen atoms in total. The number of anilines is 1.